The molecule has 8 heteroatoms. The van der Waals surface area contributed by atoms with Gasteiger partial charge in [-0.1, -0.05) is 30.3 Å². The van der Waals surface area contributed by atoms with Gasteiger partial charge in [-0.15, -0.1) is 0 Å². The highest BCUT2D eigenvalue weighted by molar-refractivity contribution is 6.06. The topological polar surface area (TPSA) is 116 Å². The summed E-state index contributed by atoms with van der Waals surface area (Å²) in [7, 11) is 0. The lowest BCUT2D eigenvalue weighted by Crippen LogP contribution is -2.43. The number of carbonyl (C=O) groups is 3. The molecule has 2 saturated carbocycles. The van der Waals surface area contributed by atoms with Crippen LogP contribution in [0.5, 0.6) is 0 Å². The van der Waals surface area contributed by atoms with Gasteiger partial charge in [-0.3, -0.25) is 14.5 Å². The van der Waals surface area contributed by atoms with Crippen molar-refractivity contribution in [1.82, 2.24) is 10.2 Å². The molecule has 4 rings (SSSR count). The first-order valence-electron chi connectivity index (χ1n) is 10.1. The van der Waals surface area contributed by atoms with Gasteiger partial charge in [0.25, 0.3) is 0 Å². The summed E-state index contributed by atoms with van der Waals surface area (Å²) in [6.07, 6.45) is -0.622. The number of unbranched alkanes of at least 4 members (excludes halogenated alkanes) is 1. The van der Waals surface area contributed by atoms with Crippen LogP contribution < -0.4 is 5.32 Å². The summed E-state index contributed by atoms with van der Waals surface area (Å²) in [4.78, 5) is 38.3. The summed E-state index contributed by atoms with van der Waals surface area (Å²) in [5, 5.41) is 22.8. The Balaban J connectivity index is 1.17. The van der Waals surface area contributed by atoms with Gasteiger partial charge >= 0.3 is 6.09 Å². The second-order valence-electron chi connectivity index (χ2n) is 8.12. The van der Waals surface area contributed by atoms with Gasteiger partial charge in [-0.2, -0.15) is 0 Å². The Hall–Kier alpha value is -2.45. The van der Waals surface area contributed by atoms with Crippen LogP contribution in [-0.2, 0) is 20.9 Å². The molecule has 3 fully saturated rings. The van der Waals surface area contributed by atoms with Crippen molar-refractivity contribution in [1.29, 1.82) is 0 Å². The summed E-state index contributed by atoms with van der Waals surface area (Å²) in [5.74, 6) is -2.07. The van der Waals surface area contributed by atoms with Crippen molar-refractivity contribution in [3.63, 3.8) is 0 Å². The third-order valence-corrected chi connectivity index (χ3v) is 6.47. The first kappa shape index (κ1) is 19.8. The van der Waals surface area contributed by atoms with Crippen molar-refractivity contribution < 1.29 is 29.3 Å². The number of fused-ring (bicyclic) bond motifs is 5. The maximum absolute atomic E-state index is 12.7. The zero-order chi connectivity index (χ0) is 20.5. The Morgan fingerprint density at radius 3 is 2.28 bits per heavy atom. The van der Waals surface area contributed by atoms with Gasteiger partial charge in [-0.25, -0.2) is 4.79 Å². The number of ether oxygens (including phenoxy) is 1. The average Bonchev–Trinajstić information content (AvgIpc) is 3.33. The fourth-order valence-electron chi connectivity index (χ4n) is 5.07. The Morgan fingerprint density at radius 1 is 1.03 bits per heavy atom. The lowest BCUT2D eigenvalue weighted by atomic mass is 9.78. The third kappa shape index (κ3) is 3.62. The molecule has 1 heterocycles. The highest BCUT2D eigenvalue weighted by atomic mass is 16.5. The maximum Gasteiger partial charge on any atom is 0.407 e. The largest absolute Gasteiger partial charge is 0.445 e. The Bertz CT molecular complexity index is 753. The van der Waals surface area contributed by atoms with Crippen molar-refractivity contribution in [3.8, 4) is 0 Å². The second kappa shape index (κ2) is 8.12. The molecule has 0 aromatic heterocycles. The zero-order valence-corrected chi connectivity index (χ0v) is 16.1. The van der Waals surface area contributed by atoms with E-state index in [4.69, 9.17) is 4.74 Å². The fourth-order valence-corrected chi connectivity index (χ4v) is 5.07. The van der Waals surface area contributed by atoms with Crippen LogP contribution in [0.2, 0.25) is 0 Å². The van der Waals surface area contributed by atoms with E-state index in [2.05, 4.69) is 5.32 Å². The van der Waals surface area contributed by atoms with Gasteiger partial charge in [0.05, 0.1) is 24.0 Å². The van der Waals surface area contributed by atoms with Gasteiger partial charge < -0.3 is 20.3 Å². The molecule has 0 unspecified atom stereocenters. The van der Waals surface area contributed by atoms with Crippen LogP contribution in [-0.4, -0.2) is 58.3 Å². The predicted molar refractivity (Wildman–Crippen MR) is 101 cm³/mol. The van der Waals surface area contributed by atoms with Crippen LogP contribution in [0.3, 0.4) is 0 Å². The minimum atomic E-state index is -0.913. The lowest BCUT2D eigenvalue weighted by molar-refractivity contribution is -0.141. The molecule has 1 aliphatic heterocycles. The number of nitrogens with one attached hydrogen (secondary N) is 1. The summed E-state index contributed by atoms with van der Waals surface area (Å²) in [6.45, 7) is 0.878. The van der Waals surface area contributed by atoms with Gasteiger partial charge in [-0.05, 0) is 24.8 Å². The SMILES string of the molecule is O=C(NCCCCN1C(=O)[C@@H]2[C@H]3C[C@H]([C@H](O)[C@@H]3O)[C@@H]2C1=O)OCc1ccccc1. The quantitative estimate of drug-likeness (QED) is 0.456. The van der Waals surface area contributed by atoms with E-state index in [1.807, 2.05) is 30.3 Å². The molecule has 6 atom stereocenters. The molecule has 2 aliphatic carbocycles. The van der Waals surface area contributed by atoms with Crippen LogP contribution in [0.25, 0.3) is 0 Å². The average molecular weight is 402 g/mol. The van der Waals surface area contributed by atoms with E-state index >= 15 is 0 Å². The molecule has 3 amide bonds. The smallest absolute Gasteiger partial charge is 0.407 e. The van der Waals surface area contributed by atoms with Crippen LogP contribution >= 0.6 is 0 Å². The fraction of sp³-hybridized carbons (Fsp3) is 0.571. The standard InChI is InChI=1S/C21H26N2O6/c24-17-13-10-14(18(17)25)16-15(13)19(26)23(20(16)27)9-5-4-8-22-21(28)29-11-12-6-2-1-3-7-12/h1-3,6-7,13-18,24-25H,4-5,8-11H2,(H,22,28)/t13-,14+,15-,16+,17-,18+. The highest BCUT2D eigenvalue weighted by Gasteiger charge is 2.66. The Labute approximate surface area is 168 Å². The van der Waals surface area contributed by atoms with Crippen LogP contribution in [0.1, 0.15) is 24.8 Å². The molecule has 3 aliphatic rings. The maximum atomic E-state index is 12.7. The summed E-state index contributed by atoms with van der Waals surface area (Å²) in [6, 6.07) is 9.38. The molecule has 2 bridgehead atoms. The van der Waals surface area contributed by atoms with E-state index in [9.17, 15) is 24.6 Å². The van der Waals surface area contributed by atoms with Gasteiger partial charge in [0.2, 0.25) is 11.8 Å². The Kier molecular flexibility index (Phi) is 5.56. The number of alkyl carbamates (subject to hydrolysis) is 1. The normalized spacial score (nSPS) is 32.6. The van der Waals surface area contributed by atoms with E-state index in [0.717, 1.165) is 5.56 Å². The molecule has 3 N–H and O–H groups in total. The number of hydrogen-bond acceptors (Lipinski definition) is 6. The first-order chi connectivity index (χ1) is 14.0. The molecule has 8 nitrogen and oxygen atoms in total. The van der Waals surface area contributed by atoms with E-state index in [1.54, 1.807) is 0 Å². The number of rotatable bonds is 7. The highest BCUT2D eigenvalue weighted by Crippen LogP contribution is 2.56. The number of aliphatic hydroxyl groups excluding tert-OH is 2. The van der Waals surface area contributed by atoms with Gasteiger partial charge in [0, 0.05) is 24.9 Å². The monoisotopic (exact) mass is 402 g/mol. The first-order valence-corrected chi connectivity index (χ1v) is 10.1. The number of imide groups is 1. The van der Waals surface area contributed by atoms with Crippen LogP contribution in [0.4, 0.5) is 4.79 Å². The van der Waals surface area contributed by atoms with Gasteiger partial charge in [0.15, 0.2) is 0 Å². The predicted octanol–water partition coefficient (Wildman–Crippen LogP) is 0.666. The van der Waals surface area contributed by atoms with Gasteiger partial charge in [0.1, 0.15) is 6.61 Å². The summed E-state index contributed by atoms with van der Waals surface area (Å²) < 4.78 is 5.13. The third-order valence-electron chi connectivity index (χ3n) is 6.47. The molecular weight excluding hydrogens is 376 g/mol. The summed E-state index contributed by atoms with van der Waals surface area (Å²) >= 11 is 0. The van der Waals surface area contributed by atoms with Crippen molar-refractivity contribution >= 4 is 17.9 Å². The van der Waals surface area contributed by atoms with Crippen molar-refractivity contribution in [2.45, 2.75) is 38.1 Å². The number of amides is 3. The van der Waals surface area contributed by atoms with E-state index < -0.39 is 30.1 Å². The molecule has 156 valence electrons. The number of nitrogens with zero attached hydrogens (tertiary/aromatic N) is 1. The summed E-state index contributed by atoms with van der Waals surface area (Å²) in [5.41, 5.74) is 0.906. The number of aliphatic hydroxyl groups is 2. The van der Waals surface area contributed by atoms with E-state index in [-0.39, 0.29) is 36.8 Å². The van der Waals surface area contributed by atoms with Crippen molar-refractivity contribution in [2.75, 3.05) is 13.1 Å². The van der Waals surface area contributed by atoms with Crippen LogP contribution in [0, 0.1) is 23.7 Å². The minimum Gasteiger partial charge on any atom is -0.445 e. The molecule has 1 saturated heterocycles. The lowest BCUT2D eigenvalue weighted by Gasteiger charge is -2.29. The van der Waals surface area contributed by atoms with Crippen LogP contribution in [0.15, 0.2) is 30.3 Å². The minimum absolute atomic E-state index is 0.201. The molecule has 0 spiro atoms. The number of hydrogen-bond donors (Lipinski definition) is 3. The number of benzene rings is 1. The van der Waals surface area contributed by atoms with Crippen molar-refractivity contribution in [2.24, 2.45) is 23.7 Å². The molecular formula is C21H26N2O6. The molecule has 1 aromatic rings. The molecule has 0 radical (unpaired) electrons. The number of likely N-dealkylation sites (tertiary alicyclic amines) is 1. The zero-order valence-electron chi connectivity index (χ0n) is 16.1. The van der Waals surface area contributed by atoms with Crippen molar-refractivity contribution in [3.05, 3.63) is 35.9 Å². The number of carbonyl (C=O) groups excluding carboxylic acids is 3. The molecule has 1 aromatic carbocycles. The van der Waals surface area contributed by atoms with E-state index in [1.165, 1.54) is 4.90 Å². The van der Waals surface area contributed by atoms with E-state index in [0.29, 0.717) is 25.8 Å². The second-order valence-corrected chi connectivity index (χ2v) is 8.12. The Morgan fingerprint density at radius 2 is 1.66 bits per heavy atom. The molecule has 29 heavy (non-hydrogen) atoms.